The Morgan fingerprint density at radius 3 is 3.00 bits per heavy atom. The number of pyridine rings is 1. The fraction of sp³-hybridized carbons (Fsp3) is 0.235. The van der Waals surface area contributed by atoms with E-state index in [2.05, 4.69) is 20.5 Å². The van der Waals surface area contributed by atoms with Crippen molar-refractivity contribution in [3.8, 4) is 5.88 Å². The average Bonchev–Trinajstić information content (AvgIpc) is 2.96. The number of ether oxygens (including phenoxy) is 1. The topological polar surface area (TPSA) is 79.9 Å². The van der Waals surface area contributed by atoms with Crippen LogP contribution in [-0.4, -0.2) is 27.7 Å². The lowest BCUT2D eigenvalue weighted by molar-refractivity contribution is 0.0947. The highest BCUT2D eigenvalue weighted by Gasteiger charge is 2.14. The molecule has 6 nitrogen and oxygen atoms in total. The van der Waals surface area contributed by atoms with Gasteiger partial charge in [-0.2, -0.15) is 5.10 Å². The van der Waals surface area contributed by atoms with Crippen molar-refractivity contribution >= 4 is 16.8 Å². The van der Waals surface area contributed by atoms with Crippen molar-refractivity contribution in [2.24, 2.45) is 0 Å². The lowest BCUT2D eigenvalue weighted by atomic mass is 10.1. The number of rotatable bonds is 5. The second-order valence-electron chi connectivity index (χ2n) is 5.24. The van der Waals surface area contributed by atoms with Gasteiger partial charge in [-0.25, -0.2) is 4.98 Å². The molecule has 2 aromatic heterocycles. The van der Waals surface area contributed by atoms with E-state index in [4.69, 9.17) is 4.74 Å². The molecule has 2 heterocycles. The van der Waals surface area contributed by atoms with Gasteiger partial charge in [0.05, 0.1) is 12.1 Å². The number of hydrogen-bond acceptors (Lipinski definition) is 4. The third-order valence-corrected chi connectivity index (χ3v) is 3.48. The zero-order valence-corrected chi connectivity index (χ0v) is 13.1. The summed E-state index contributed by atoms with van der Waals surface area (Å²) in [6.07, 6.45) is 1.67. The van der Waals surface area contributed by atoms with Gasteiger partial charge in [-0.05, 0) is 37.6 Å². The van der Waals surface area contributed by atoms with Crippen LogP contribution < -0.4 is 10.1 Å². The molecule has 0 radical (unpaired) electrons. The van der Waals surface area contributed by atoms with Gasteiger partial charge in [-0.15, -0.1) is 0 Å². The van der Waals surface area contributed by atoms with E-state index in [9.17, 15) is 4.79 Å². The third kappa shape index (κ3) is 3.31. The highest BCUT2D eigenvalue weighted by atomic mass is 16.5. The molecule has 3 aromatic rings. The number of aryl methyl sites for hydroxylation is 1. The molecule has 0 spiro atoms. The van der Waals surface area contributed by atoms with E-state index in [1.54, 1.807) is 6.20 Å². The molecule has 0 aliphatic heterocycles. The van der Waals surface area contributed by atoms with Gasteiger partial charge in [0.1, 0.15) is 0 Å². The summed E-state index contributed by atoms with van der Waals surface area (Å²) < 4.78 is 5.36. The van der Waals surface area contributed by atoms with Gasteiger partial charge in [0, 0.05) is 24.2 Å². The fourth-order valence-electron chi connectivity index (χ4n) is 2.35. The molecule has 0 atom stereocenters. The van der Waals surface area contributed by atoms with Gasteiger partial charge < -0.3 is 10.1 Å². The molecule has 6 heteroatoms. The van der Waals surface area contributed by atoms with Gasteiger partial charge in [0.2, 0.25) is 5.88 Å². The first-order chi connectivity index (χ1) is 11.2. The molecule has 1 amide bonds. The summed E-state index contributed by atoms with van der Waals surface area (Å²) in [6.45, 7) is 4.84. The minimum Gasteiger partial charge on any atom is -0.478 e. The summed E-state index contributed by atoms with van der Waals surface area (Å²) in [7, 11) is 0. The average molecular weight is 310 g/mol. The minimum absolute atomic E-state index is 0.211. The molecule has 0 saturated heterocycles. The van der Waals surface area contributed by atoms with Crippen LogP contribution in [0.1, 0.15) is 28.5 Å². The summed E-state index contributed by atoms with van der Waals surface area (Å²) in [5, 5.41) is 10.7. The van der Waals surface area contributed by atoms with Crippen LogP contribution in [0.25, 0.3) is 10.9 Å². The van der Waals surface area contributed by atoms with Crippen molar-refractivity contribution in [3.63, 3.8) is 0 Å². The summed E-state index contributed by atoms with van der Waals surface area (Å²) in [5.41, 5.74) is 3.27. The zero-order chi connectivity index (χ0) is 16.2. The highest BCUT2D eigenvalue weighted by molar-refractivity contribution is 6.04. The van der Waals surface area contributed by atoms with E-state index in [0.717, 1.165) is 22.0 Å². The number of nitrogens with zero attached hydrogens (tertiary/aromatic N) is 2. The number of benzene rings is 1. The van der Waals surface area contributed by atoms with Crippen LogP contribution >= 0.6 is 0 Å². The Morgan fingerprint density at radius 2 is 2.17 bits per heavy atom. The first-order valence-electron chi connectivity index (χ1n) is 7.48. The van der Waals surface area contributed by atoms with Gasteiger partial charge in [0.25, 0.3) is 5.91 Å². The number of carbonyl (C=O) groups excluding carboxylic acids is 1. The number of aromatic nitrogens is 3. The second kappa shape index (κ2) is 6.48. The Kier molecular flexibility index (Phi) is 4.23. The standard InChI is InChI=1S/C17H18N4O2/c1-3-23-15-9-12(6-7-18-15)10-19-17(22)16-13-8-11(2)4-5-14(13)20-21-16/h4-9H,3,10H2,1-2H3,(H,19,22)(H,20,21). The summed E-state index contributed by atoms with van der Waals surface area (Å²) in [4.78, 5) is 16.5. The molecule has 0 aliphatic rings. The zero-order valence-electron chi connectivity index (χ0n) is 13.1. The molecule has 1 aromatic carbocycles. The largest absolute Gasteiger partial charge is 0.478 e. The van der Waals surface area contributed by atoms with Gasteiger partial charge in [-0.1, -0.05) is 11.6 Å². The van der Waals surface area contributed by atoms with Crippen molar-refractivity contribution < 1.29 is 9.53 Å². The minimum atomic E-state index is -0.211. The van der Waals surface area contributed by atoms with Crippen molar-refractivity contribution in [2.75, 3.05) is 6.61 Å². The van der Waals surface area contributed by atoms with E-state index in [-0.39, 0.29) is 5.91 Å². The second-order valence-corrected chi connectivity index (χ2v) is 5.24. The van der Waals surface area contributed by atoms with Crippen LogP contribution in [0.5, 0.6) is 5.88 Å². The number of aromatic amines is 1. The molecule has 0 unspecified atom stereocenters. The molecule has 23 heavy (non-hydrogen) atoms. The van der Waals surface area contributed by atoms with Crippen LogP contribution in [-0.2, 0) is 6.54 Å². The van der Waals surface area contributed by atoms with Gasteiger partial charge in [-0.3, -0.25) is 9.89 Å². The van der Waals surface area contributed by atoms with E-state index >= 15 is 0 Å². The van der Waals surface area contributed by atoms with Gasteiger partial charge in [0.15, 0.2) is 5.69 Å². The molecule has 0 saturated carbocycles. The molecule has 118 valence electrons. The smallest absolute Gasteiger partial charge is 0.272 e. The number of amides is 1. The summed E-state index contributed by atoms with van der Waals surface area (Å²) >= 11 is 0. The molecule has 3 rings (SSSR count). The van der Waals surface area contributed by atoms with E-state index < -0.39 is 0 Å². The van der Waals surface area contributed by atoms with Crippen molar-refractivity contribution in [3.05, 3.63) is 53.3 Å². The maximum absolute atomic E-state index is 12.4. The van der Waals surface area contributed by atoms with Gasteiger partial charge >= 0.3 is 0 Å². The summed E-state index contributed by atoms with van der Waals surface area (Å²) in [6, 6.07) is 9.51. The Morgan fingerprint density at radius 1 is 1.30 bits per heavy atom. The van der Waals surface area contributed by atoms with E-state index in [1.807, 2.05) is 44.2 Å². The Bertz CT molecular complexity index is 841. The molecule has 0 fully saturated rings. The molecular weight excluding hydrogens is 292 g/mol. The predicted octanol–water partition coefficient (Wildman–Crippen LogP) is 2.60. The van der Waals surface area contributed by atoms with Crippen molar-refractivity contribution in [1.29, 1.82) is 0 Å². The van der Waals surface area contributed by atoms with E-state index in [1.165, 1.54) is 0 Å². The Labute approximate surface area is 133 Å². The number of H-pyrrole nitrogens is 1. The Hall–Kier alpha value is -2.89. The lowest BCUT2D eigenvalue weighted by Crippen LogP contribution is -2.23. The maximum atomic E-state index is 12.4. The maximum Gasteiger partial charge on any atom is 0.272 e. The van der Waals surface area contributed by atoms with E-state index in [0.29, 0.717) is 24.7 Å². The SMILES string of the molecule is CCOc1cc(CNC(=O)c2n[nH]c3ccc(C)cc23)ccn1. The van der Waals surface area contributed by atoms with Crippen LogP contribution in [0, 0.1) is 6.92 Å². The lowest BCUT2D eigenvalue weighted by Gasteiger charge is -2.06. The van der Waals surface area contributed by atoms with Crippen molar-refractivity contribution in [1.82, 2.24) is 20.5 Å². The third-order valence-electron chi connectivity index (χ3n) is 3.48. The molecule has 0 aliphatic carbocycles. The molecule has 0 bridgehead atoms. The summed E-state index contributed by atoms with van der Waals surface area (Å²) in [5.74, 6) is 0.344. The first-order valence-corrected chi connectivity index (χ1v) is 7.48. The molecular formula is C17H18N4O2. The normalized spacial score (nSPS) is 10.7. The molecule has 2 N–H and O–H groups in total. The quantitative estimate of drug-likeness (QED) is 0.759. The van der Waals surface area contributed by atoms with Crippen LogP contribution in [0.4, 0.5) is 0 Å². The fourth-order valence-corrected chi connectivity index (χ4v) is 2.35. The number of carbonyl (C=O) groups is 1. The first kappa shape index (κ1) is 15.0. The van der Waals surface area contributed by atoms with Crippen LogP contribution in [0.3, 0.4) is 0 Å². The van der Waals surface area contributed by atoms with Crippen LogP contribution in [0.15, 0.2) is 36.5 Å². The number of nitrogens with one attached hydrogen (secondary N) is 2. The van der Waals surface area contributed by atoms with Crippen molar-refractivity contribution in [2.45, 2.75) is 20.4 Å². The number of hydrogen-bond donors (Lipinski definition) is 2. The highest BCUT2D eigenvalue weighted by Crippen LogP contribution is 2.17. The number of fused-ring (bicyclic) bond motifs is 1. The van der Waals surface area contributed by atoms with Crippen LogP contribution in [0.2, 0.25) is 0 Å². The monoisotopic (exact) mass is 310 g/mol. The predicted molar refractivity (Wildman–Crippen MR) is 87.4 cm³/mol. The Balaban J connectivity index is 1.73.